The van der Waals surface area contributed by atoms with Gasteiger partial charge in [-0.05, 0) is 24.3 Å². The van der Waals surface area contributed by atoms with Gasteiger partial charge in [0.05, 0.1) is 43.8 Å². The number of carbonyl (C=O) groups is 1. The molecule has 39 heavy (non-hydrogen) atoms. The van der Waals surface area contributed by atoms with Crippen molar-refractivity contribution in [2.45, 2.75) is 5.16 Å². The average molecular weight is 544 g/mol. The average Bonchev–Trinajstić information content (AvgIpc) is 3.60. The number of methoxy groups -OCH3 is 3. The van der Waals surface area contributed by atoms with Gasteiger partial charge in [0.1, 0.15) is 17.2 Å². The highest BCUT2D eigenvalue weighted by atomic mass is 32.2. The molecule has 0 saturated carbocycles. The molecule has 2 heterocycles. The fourth-order valence-corrected chi connectivity index (χ4v) is 4.89. The van der Waals surface area contributed by atoms with Crippen LogP contribution in [-0.2, 0) is 9.53 Å². The van der Waals surface area contributed by atoms with E-state index >= 15 is 0 Å². The topological polar surface area (TPSA) is 124 Å². The first-order valence-electron chi connectivity index (χ1n) is 11.9. The Morgan fingerprint density at radius 3 is 2.41 bits per heavy atom. The van der Waals surface area contributed by atoms with Crippen molar-refractivity contribution in [1.82, 2.24) is 24.7 Å². The van der Waals surface area contributed by atoms with Gasteiger partial charge in [-0.2, -0.15) is 0 Å². The summed E-state index contributed by atoms with van der Waals surface area (Å²) >= 11 is 1.21. The lowest BCUT2D eigenvalue weighted by atomic mass is 10.2. The predicted octanol–water partition coefficient (Wildman–Crippen LogP) is 5.06. The molecule has 5 aromatic rings. The van der Waals surface area contributed by atoms with E-state index in [0.29, 0.717) is 28.0 Å². The second kappa shape index (κ2) is 11.3. The summed E-state index contributed by atoms with van der Waals surface area (Å²) in [5.74, 6) is 1.01. The first kappa shape index (κ1) is 25.9. The van der Waals surface area contributed by atoms with Crippen molar-refractivity contribution >= 4 is 34.3 Å². The van der Waals surface area contributed by atoms with Crippen molar-refractivity contribution in [2.75, 3.05) is 27.1 Å². The molecule has 0 saturated heterocycles. The van der Waals surface area contributed by atoms with Gasteiger partial charge in [0.25, 0.3) is 0 Å². The Morgan fingerprint density at radius 2 is 1.69 bits per heavy atom. The third-order valence-corrected chi connectivity index (χ3v) is 6.87. The van der Waals surface area contributed by atoms with E-state index < -0.39 is 5.97 Å². The summed E-state index contributed by atoms with van der Waals surface area (Å²) in [5.41, 5.74) is 2.92. The van der Waals surface area contributed by atoms with Crippen LogP contribution in [0.1, 0.15) is 5.82 Å². The van der Waals surface area contributed by atoms with Gasteiger partial charge in [0, 0.05) is 11.6 Å². The highest BCUT2D eigenvalue weighted by molar-refractivity contribution is 7.99. The van der Waals surface area contributed by atoms with Gasteiger partial charge in [-0.15, -0.1) is 10.2 Å². The molecule has 0 amide bonds. The molecule has 0 spiro atoms. The summed E-state index contributed by atoms with van der Waals surface area (Å²) in [6.07, 6.45) is 0. The van der Waals surface area contributed by atoms with Crippen molar-refractivity contribution in [3.63, 3.8) is 0 Å². The van der Waals surface area contributed by atoms with Crippen LogP contribution in [0, 0.1) is 0 Å². The number of hydrogen-bond acceptors (Lipinski definition) is 9. The molecule has 2 N–H and O–H groups in total. The van der Waals surface area contributed by atoms with Crippen LogP contribution in [-0.4, -0.2) is 62.9 Å². The number of hydrogen-bond donors (Lipinski definition) is 2. The fourth-order valence-electron chi connectivity index (χ4n) is 4.06. The van der Waals surface area contributed by atoms with Crippen LogP contribution in [0.2, 0.25) is 0 Å². The van der Waals surface area contributed by atoms with Crippen LogP contribution < -0.4 is 9.47 Å². The Morgan fingerprint density at radius 1 is 0.949 bits per heavy atom. The van der Waals surface area contributed by atoms with Gasteiger partial charge in [0.2, 0.25) is 0 Å². The van der Waals surface area contributed by atoms with E-state index in [4.69, 9.17) is 14.2 Å². The van der Waals surface area contributed by atoms with Crippen molar-refractivity contribution < 1.29 is 24.1 Å². The number of H-pyrrole nitrogens is 1. The maximum atomic E-state index is 12.7. The summed E-state index contributed by atoms with van der Waals surface area (Å²) < 4.78 is 17.7. The second-order valence-corrected chi connectivity index (χ2v) is 9.19. The third-order valence-electron chi connectivity index (χ3n) is 5.93. The number of rotatable bonds is 9. The normalized spacial score (nSPS) is 11.8. The molecule has 0 radical (unpaired) electrons. The molecule has 0 atom stereocenters. The zero-order chi connectivity index (χ0) is 27.4. The molecule has 2 aromatic heterocycles. The van der Waals surface area contributed by atoms with Crippen molar-refractivity contribution in [3.8, 4) is 28.6 Å². The Hall–Kier alpha value is -4.77. The van der Waals surface area contributed by atoms with E-state index in [1.165, 1.54) is 18.9 Å². The summed E-state index contributed by atoms with van der Waals surface area (Å²) in [4.78, 5) is 20.2. The van der Waals surface area contributed by atoms with Gasteiger partial charge in [-0.1, -0.05) is 54.2 Å². The molecular formula is C28H25N5O5S. The zero-order valence-corrected chi connectivity index (χ0v) is 22.2. The first-order valence-corrected chi connectivity index (χ1v) is 12.8. The molecule has 0 bridgehead atoms. The second-order valence-electron chi connectivity index (χ2n) is 8.25. The van der Waals surface area contributed by atoms with E-state index in [9.17, 15) is 9.90 Å². The van der Waals surface area contributed by atoms with Gasteiger partial charge in [-0.25, -0.2) is 9.78 Å². The summed E-state index contributed by atoms with van der Waals surface area (Å²) in [6.45, 7) is 0. The number of nitrogens with one attached hydrogen (secondary N) is 1. The first-order chi connectivity index (χ1) is 19.0. The van der Waals surface area contributed by atoms with Crippen molar-refractivity contribution in [3.05, 3.63) is 84.4 Å². The van der Waals surface area contributed by atoms with Crippen LogP contribution >= 0.6 is 11.8 Å². The molecule has 5 rings (SSSR count). The third kappa shape index (κ3) is 5.16. The number of esters is 1. The highest BCUT2D eigenvalue weighted by Crippen LogP contribution is 2.34. The number of benzene rings is 3. The van der Waals surface area contributed by atoms with E-state index in [2.05, 4.69) is 20.2 Å². The zero-order valence-electron chi connectivity index (χ0n) is 21.4. The van der Waals surface area contributed by atoms with Crippen LogP contribution in [0.3, 0.4) is 0 Å². The molecule has 0 aliphatic rings. The van der Waals surface area contributed by atoms with Gasteiger partial charge >= 0.3 is 5.97 Å². The van der Waals surface area contributed by atoms with E-state index in [1.54, 1.807) is 20.3 Å². The lowest BCUT2D eigenvalue weighted by Gasteiger charge is -2.14. The molecular weight excluding hydrogens is 518 g/mol. The Balaban J connectivity index is 1.55. The van der Waals surface area contributed by atoms with Gasteiger partial charge in [0.15, 0.2) is 22.5 Å². The maximum Gasteiger partial charge on any atom is 0.345 e. The van der Waals surface area contributed by atoms with Crippen LogP contribution in [0.15, 0.2) is 83.7 Å². The number of aliphatic hydroxyl groups excluding tert-OH is 1. The summed E-state index contributed by atoms with van der Waals surface area (Å²) in [7, 11) is 4.39. The molecule has 0 aliphatic heterocycles. The number of aromatic nitrogens is 5. The molecule has 0 aliphatic carbocycles. The minimum atomic E-state index is -0.710. The lowest BCUT2D eigenvalue weighted by molar-refractivity contribution is -0.133. The van der Waals surface area contributed by atoms with Crippen molar-refractivity contribution in [2.24, 2.45) is 0 Å². The minimum Gasteiger partial charge on any atom is -0.510 e. The lowest BCUT2D eigenvalue weighted by Crippen LogP contribution is -2.10. The van der Waals surface area contributed by atoms with Crippen LogP contribution in [0.4, 0.5) is 0 Å². The minimum absolute atomic E-state index is 0.00168. The SMILES string of the molecule is COC(=O)/C(=C(/O)CSc1nnc(-c2ccccc2)n1-c1ccc(OC)c(OC)c1)c1nc2ccccc2[nH]1. The predicted molar refractivity (Wildman–Crippen MR) is 148 cm³/mol. The molecule has 0 fully saturated rings. The molecule has 198 valence electrons. The number of aliphatic hydroxyl groups is 1. The number of imidazole rings is 1. The standard InChI is InChI=1S/C28H25N5O5S/c1-36-22-14-13-18(15-23(22)37-2)33-26(17-9-5-4-6-10-17)31-32-28(33)39-16-21(34)24(27(35)38-3)25-29-19-11-7-8-12-20(19)30-25/h4-15,34H,16H2,1-3H3,(H,29,30)/b24-21+. The number of para-hydroxylation sites is 2. The summed E-state index contributed by atoms with van der Waals surface area (Å²) in [5, 5.41) is 20.4. The molecule has 0 unspecified atom stereocenters. The van der Waals surface area contributed by atoms with Crippen LogP contribution in [0.5, 0.6) is 11.5 Å². The molecule has 10 nitrogen and oxygen atoms in total. The molecule has 11 heteroatoms. The highest BCUT2D eigenvalue weighted by Gasteiger charge is 2.24. The number of fused-ring (bicyclic) bond motifs is 1. The smallest absolute Gasteiger partial charge is 0.345 e. The number of thioether (sulfide) groups is 1. The van der Waals surface area contributed by atoms with E-state index in [0.717, 1.165) is 16.8 Å². The van der Waals surface area contributed by atoms with Crippen LogP contribution in [0.25, 0.3) is 33.7 Å². The Kier molecular flexibility index (Phi) is 7.50. The number of aromatic amines is 1. The van der Waals surface area contributed by atoms with Gasteiger partial charge < -0.3 is 24.3 Å². The molecule has 3 aromatic carbocycles. The van der Waals surface area contributed by atoms with E-state index in [1.807, 2.05) is 71.3 Å². The fraction of sp³-hybridized carbons (Fsp3) is 0.143. The largest absolute Gasteiger partial charge is 0.510 e. The Bertz CT molecular complexity index is 1630. The van der Waals surface area contributed by atoms with E-state index in [-0.39, 0.29) is 22.9 Å². The number of carbonyl (C=O) groups excluding carboxylic acids is 1. The van der Waals surface area contributed by atoms with Gasteiger partial charge in [-0.3, -0.25) is 4.57 Å². The quantitative estimate of drug-likeness (QED) is 0.114. The van der Waals surface area contributed by atoms with Crippen molar-refractivity contribution in [1.29, 1.82) is 0 Å². The Labute approximate surface area is 228 Å². The summed E-state index contributed by atoms with van der Waals surface area (Å²) in [6, 6.07) is 22.5. The number of ether oxygens (including phenoxy) is 3. The maximum absolute atomic E-state index is 12.7. The number of nitrogens with zero attached hydrogens (tertiary/aromatic N) is 4. The monoisotopic (exact) mass is 543 g/mol.